The molecule has 19 heavy (non-hydrogen) atoms. The van der Waals surface area contributed by atoms with Crippen LogP contribution in [0, 0.1) is 12.7 Å². The van der Waals surface area contributed by atoms with E-state index in [1.807, 2.05) is 25.1 Å². The Kier molecular flexibility index (Phi) is 4.40. The van der Waals surface area contributed by atoms with Crippen molar-refractivity contribution in [2.24, 2.45) is 5.73 Å². The van der Waals surface area contributed by atoms with Gasteiger partial charge in [-0.1, -0.05) is 29.8 Å². The molecule has 2 N–H and O–H groups in total. The maximum atomic E-state index is 13.7. The second kappa shape index (κ2) is 6.04. The third kappa shape index (κ3) is 3.46. The molecule has 2 nitrogen and oxygen atoms in total. The van der Waals surface area contributed by atoms with Gasteiger partial charge < -0.3 is 10.5 Å². The maximum absolute atomic E-state index is 13.7. The zero-order valence-corrected chi connectivity index (χ0v) is 11.4. The standard InChI is InChI=1S/C15H15ClFNO/c1-10-2-4-12(13(16)6-10)9-19-15-5-3-11(8-18)7-14(15)17/h2-7H,8-9,18H2,1H3. The molecule has 0 saturated heterocycles. The third-order valence-corrected chi connectivity index (χ3v) is 3.18. The van der Waals surface area contributed by atoms with Crippen LogP contribution in [0.4, 0.5) is 4.39 Å². The summed E-state index contributed by atoms with van der Waals surface area (Å²) in [5.74, 6) is -0.208. The van der Waals surface area contributed by atoms with Gasteiger partial charge in [0.25, 0.3) is 0 Å². The zero-order valence-electron chi connectivity index (χ0n) is 10.6. The quantitative estimate of drug-likeness (QED) is 0.923. The summed E-state index contributed by atoms with van der Waals surface area (Å²) in [5.41, 5.74) is 8.08. The molecular formula is C15H15ClFNO. The van der Waals surface area contributed by atoms with Crippen molar-refractivity contribution >= 4 is 11.6 Å². The van der Waals surface area contributed by atoms with Gasteiger partial charge in [0.05, 0.1) is 0 Å². The lowest BCUT2D eigenvalue weighted by Crippen LogP contribution is -2.01. The van der Waals surface area contributed by atoms with Gasteiger partial charge in [0, 0.05) is 17.1 Å². The van der Waals surface area contributed by atoms with Crippen LogP contribution in [0.1, 0.15) is 16.7 Å². The average Bonchev–Trinajstić information content (AvgIpc) is 2.39. The SMILES string of the molecule is Cc1ccc(COc2ccc(CN)cc2F)c(Cl)c1. The van der Waals surface area contributed by atoms with Crippen LogP contribution in [-0.4, -0.2) is 0 Å². The second-order valence-corrected chi connectivity index (χ2v) is 4.76. The van der Waals surface area contributed by atoms with Crippen molar-refractivity contribution in [1.29, 1.82) is 0 Å². The zero-order chi connectivity index (χ0) is 13.8. The Bertz CT molecular complexity index is 586. The molecule has 0 atom stereocenters. The van der Waals surface area contributed by atoms with Gasteiger partial charge in [0.15, 0.2) is 11.6 Å². The summed E-state index contributed by atoms with van der Waals surface area (Å²) in [7, 11) is 0. The highest BCUT2D eigenvalue weighted by Gasteiger charge is 2.06. The molecule has 0 saturated carbocycles. The molecule has 0 heterocycles. The number of aryl methyl sites for hydroxylation is 1. The Morgan fingerprint density at radius 1 is 1.21 bits per heavy atom. The van der Waals surface area contributed by atoms with E-state index >= 15 is 0 Å². The molecule has 2 aromatic carbocycles. The van der Waals surface area contributed by atoms with Crippen LogP contribution in [0.2, 0.25) is 5.02 Å². The molecule has 0 spiro atoms. The van der Waals surface area contributed by atoms with E-state index in [-0.39, 0.29) is 12.4 Å². The minimum atomic E-state index is -0.411. The van der Waals surface area contributed by atoms with E-state index in [9.17, 15) is 4.39 Å². The normalized spacial score (nSPS) is 10.5. The molecule has 0 aliphatic rings. The fourth-order valence-corrected chi connectivity index (χ4v) is 2.00. The number of nitrogens with two attached hydrogens (primary N) is 1. The fourth-order valence-electron chi connectivity index (χ4n) is 1.71. The minimum absolute atomic E-state index is 0.203. The first kappa shape index (κ1) is 13.8. The summed E-state index contributed by atoms with van der Waals surface area (Å²) in [6, 6.07) is 10.4. The number of rotatable bonds is 4. The van der Waals surface area contributed by atoms with Crippen LogP contribution in [-0.2, 0) is 13.2 Å². The number of ether oxygens (including phenoxy) is 1. The van der Waals surface area contributed by atoms with Crippen molar-refractivity contribution in [3.63, 3.8) is 0 Å². The van der Waals surface area contributed by atoms with Gasteiger partial charge in [0.2, 0.25) is 0 Å². The number of halogens is 2. The molecular weight excluding hydrogens is 265 g/mol. The predicted octanol–water partition coefficient (Wildman–Crippen LogP) is 3.83. The molecule has 0 aliphatic carbocycles. The Hall–Kier alpha value is -1.58. The Labute approximate surface area is 117 Å². The number of benzene rings is 2. The van der Waals surface area contributed by atoms with Crippen molar-refractivity contribution in [2.75, 3.05) is 0 Å². The van der Waals surface area contributed by atoms with E-state index in [1.165, 1.54) is 6.07 Å². The Morgan fingerprint density at radius 3 is 2.63 bits per heavy atom. The maximum Gasteiger partial charge on any atom is 0.165 e. The summed E-state index contributed by atoms with van der Waals surface area (Å²) in [5, 5.41) is 0.624. The first-order valence-corrected chi connectivity index (χ1v) is 6.34. The summed E-state index contributed by atoms with van der Waals surface area (Å²) in [4.78, 5) is 0. The predicted molar refractivity (Wildman–Crippen MR) is 74.8 cm³/mol. The summed E-state index contributed by atoms with van der Waals surface area (Å²) in [6.07, 6.45) is 0. The van der Waals surface area contributed by atoms with Crippen LogP contribution < -0.4 is 10.5 Å². The fraction of sp³-hybridized carbons (Fsp3) is 0.200. The summed E-state index contributed by atoms with van der Waals surface area (Å²) < 4.78 is 19.1. The third-order valence-electron chi connectivity index (χ3n) is 2.82. The second-order valence-electron chi connectivity index (χ2n) is 4.35. The molecule has 4 heteroatoms. The van der Waals surface area contributed by atoms with Crippen LogP contribution in [0.3, 0.4) is 0 Å². The van der Waals surface area contributed by atoms with Gasteiger partial charge >= 0.3 is 0 Å². The van der Waals surface area contributed by atoms with E-state index < -0.39 is 5.82 Å². The molecule has 0 bridgehead atoms. The van der Waals surface area contributed by atoms with E-state index in [1.54, 1.807) is 12.1 Å². The minimum Gasteiger partial charge on any atom is -0.486 e. The average molecular weight is 280 g/mol. The van der Waals surface area contributed by atoms with Gasteiger partial charge in [-0.3, -0.25) is 0 Å². The smallest absolute Gasteiger partial charge is 0.165 e. The molecule has 0 fully saturated rings. The lowest BCUT2D eigenvalue weighted by atomic mass is 10.1. The highest BCUT2D eigenvalue weighted by atomic mass is 35.5. The first-order valence-electron chi connectivity index (χ1n) is 5.96. The van der Waals surface area contributed by atoms with Crippen molar-refractivity contribution in [1.82, 2.24) is 0 Å². The highest BCUT2D eigenvalue weighted by Crippen LogP contribution is 2.22. The van der Waals surface area contributed by atoms with Crippen LogP contribution in [0.15, 0.2) is 36.4 Å². The van der Waals surface area contributed by atoms with Crippen LogP contribution >= 0.6 is 11.6 Å². The van der Waals surface area contributed by atoms with E-state index in [4.69, 9.17) is 22.1 Å². The molecule has 0 amide bonds. The molecule has 0 aromatic heterocycles. The van der Waals surface area contributed by atoms with Gasteiger partial charge in [-0.25, -0.2) is 4.39 Å². The Morgan fingerprint density at radius 2 is 2.00 bits per heavy atom. The molecule has 2 rings (SSSR count). The molecule has 0 radical (unpaired) electrons. The van der Waals surface area contributed by atoms with Crippen molar-refractivity contribution in [2.45, 2.75) is 20.1 Å². The largest absolute Gasteiger partial charge is 0.486 e. The monoisotopic (exact) mass is 279 g/mol. The topological polar surface area (TPSA) is 35.2 Å². The lowest BCUT2D eigenvalue weighted by Gasteiger charge is -2.10. The van der Waals surface area contributed by atoms with Crippen molar-refractivity contribution in [3.8, 4) is 5.75 Å². The van der Waals surface area contributed by atoms with E-state index in [2.05, 4.69) is 0 Å². The molecule has 100 valence electrons. The first-order chi connectivity index (χ1) is 9.10. The van der Waals surface area contributed by atoms with Gasteiger partial charge in [0.1, 0.15) is 6.61 Å². The summed E-state index contributed by atoms with van der Waals surface area (Å²) >= 11 is 6.09. The molecule has 0 unspecified atom stereocenters. The van der Waals surface area contributed by atoms with Gasteiger partial charge in [-0.05, 0) is 36.2 Å². The number of hydrogen-bond donors (Lipinski definition) is 1. The lowest BCUT2D eigenvalue weighted by molar-refractivity contribution is 0.290. The van der Waals surface area contributed by atoms with E-state index in [0.29, 0.717) is 11.6 Å². The van der Waals surface area contributed by atoms with Crippen LogP contribution in [0.5, 0.6) is 5.75 Å². The summed E-state index contributed by atoms with van der Waals surface area (Å²) in [6.45, 7) is 2.50. The van der Waals surface area contributed by atoms with E-state index in [0.717, 1.165) is 16.7 Å². The highest BCUT2D eigenvalue weighted by molar-refractivity contribution is 6.31. The van der Waals surface area contributed by atoms with Crippen LogP contribution in [0.25, 0.3) is 0 Å². The Balaban J connectivity index is 2.10. The number of hydrogen-bond acceptors (Lipinski definition) is 2. The molecule has 0 aliphatic heterocycles. The van der Waals surface area contributed by atoms with Crippen molar-refractivity contribution < 1.29 is 9.13 Å². The van der Waals surface area contributed by atoms with Crippen molar-refractivity contribution in [3.05, 3.63) is 63.9 Å². The molecule has 2 aromatic rings. The van der Waals surface area contributed by atoms with Gasteiger partial charge in [-0.15, -0.1) is 0 Å². The van der Waals surface area contributed by atoms with Gasteiger partial charge in [-0.2, -0.15) is 0 Å².